The van der Waals surface area contributed by atoms with E-state index in [4.69, 9.17) is 0 Å². The van der Waals surface area contributed by atoms with Crippen molar-refractivity contribution in [1.29, 1.82) is 0 Å². The first kappa shape index (κ1) is 15.1. The highest BCUT2D eigenvalue weighted by Crippen LogP contribution is 2.31. The van der Waals surface area contributed by atoms with E-state index in [9.17, 15) is 0 Å². The fraction of sp³-hybridized carbons (Fsp3) is 0.333. The Bertz CT molecular complexity index is 570. The standard InChI is InChI=1S/C15H17Br2NS/c1-15(2,3)14-7-5-11(19-14)9-18-13-8-10(16)4-6-12(13)17/h4-8,18H,9H2,1-3H3. The molecule has 0 fully saturated rings. The minimum Gasteiger partial charge on any atom is -0.379 e. The Morgan fingerprint density at radius 1 is 1.11 bits per heavy atom. The van der Waals surface area contributed by atoms with Crippen molar-refractivity contribution in [2.45, 2.75) is 32.7 Å². The van der Waals surface area contributed by atoms with Gasteiger partial charge in [0, 0.05) is 30.9 Å². The summed E-state index contributed by atoms with van der Waals surface area (Å²) in [5, 5.41) is 3.47. The van der Waals surface area contributed by atoms with Crippen molar-refractivity contribution in [3.63, 3.8) is 0 Å². The van der Waals surface area contributed by atoms with Gasteiger partial charge in [-0.3, -0.25) is 0 Å². The Morgan fingerprint density at radius 3 is 2.47 bits per heavy atom. The van der Waals surface area contributed by atoms with Gasteiger partial charge in [0.2, 0.25) is 0 Å². The van der Waals surface area contributed by atoms with Crippen LogP contribution in [0.3, 0.4) is 0 Å². The molecule has 0 atom stereocenters. The average Bonchev–Trinajstić information content (AvgIpc) is 2.79. The van der Waals surface area contributed by atoms with E-state index < -0.39 is 0 Å². The highest BCUT2D eigenvalue weighted by molar-refractivity contribution is 9.11. The van der Waals surface area contributed by atoms with Gasteiger partial charge in [0.05, 0.1) is 0 Å². The quantitative estimate of drug-likeness (QED) is 0.645. The number of anilines is 1. The smallest absolute Gasteiger partial charge is 0.0498 e. The van der Waals surface area contributed by atoms with E-state index in [1.165, 1.54) is 9.75 Å². The van der Waals surface area contributed by atoms with Crippen LogP contribution >= 0.6 is 43.2 Å². The molecule has 102 valence electrons. The molecule has 0 unspecified atom stereocenters. The van der Waals surface area contributed by atoms with E-state index in [-0.39, 0.29) is 5.41 Å². The van der Waals surface area contributed by atoms with Gasteiger partial charge >= 0.3 is 0 Å². The SMILES string of the molecule is CC(C)(C)c1ccc(CNc2cc(Br)ccc2Br)s1. The fourth-order valence-electron chi connectivity index (χ4n) is 1.69. The van der Waals surface area contributed by atoms with Crippen LogP contribution < -0.4 is 5.32 Å². The van der Waals surface area contributed by atoms with Crippen LogP contribution in [0.25, 0.3) is 0 Å². The zero-order valence-corrected chi connectivity index (χ0v) is 15.2. The van der Waals surface area contributed by atoms with Crippen LogP contribution in [0.1, 0.15) is 30.5 Å². The summed E-state index contributed by atoms with van der Waals surface area (Å²) in [7, 11) is 0. The van der Waals surface area contributed by atoms with Crippen molar-refractivity contribution in [3.8, 4) is 0 Å². The maximum Gasteiger partial charge on any atom is 0.0498 e. The first-order valence-electron chi connectivity index (χ1n) is 6.14. The fourth-order valence-corrected chi connectivity index (χ4v) is 3.44. The van der Waals surface area contributed by atoms with Crippen LogP contribution in [0, 0.1) is 0 Å². The second kappa shape index (κ2) is 5.98. The molecule has 1 nitrogen and oxygen atoms in total. The number of nitrogens with one attached hydrogen (secondary N) is 1. The Balaban J connectivity index is 2.06. The van der Waals surface area contributed by atoms with Gasteiger partial charge in [0.25, 0.3) is 0 Å². The van der Waals surface area contributed by atoms with Crippen molar-refractivity contribution in [3.05, 3.63) is 49.0 Å². The molecule has 0 radical (unpaired) electrons. The number of halogens is 2. The second-order valence-electron chi connectivity index (χ2n) is 5.49. The molecule has 4 heteroatoms. The Labute approximate surface area is 135 Å². The van der Waals surface area contributed by atoms with Crippen molar-refractivity contribution in [2.75, 3.05) is 5.32 Å². The lowest BCUT2D eigenvalue weighted by Crippen LogP contribution is -2.07. The van der Waals surface area contributed by atoms with Gasteiger partial charge in [-0.25, -0.2) is 0 Å². The highest BCUT2D eigenvalue weighted by Gasteiger charge is 2.15. The molecule has 0 aliphatic heterocycles. The maximum atomic E-state index is 3.56. The summed E-state index contributed by atoms with van der Waals surface area (Å²) in [5.41, 5.74) is 1.35. The molecule has 1 aromatic heterocycles. The molecule has 0 saturated heterocycles. The zero-order chi connectivity index (χ0) is 14.0. The molecule has 1 heterocycles. The van der Waals surface area contributed by atoms with E-state index in [0.29, 0.717) is 0 Å². The predicted octanol–water partition coefficient (Wildman–Crippen LogP) is 6.18. The van der Waals surface area contributed by atoms with E-state index in [0.717, 1.165) is 21.2 Å². The predicted molar refractivity (Wildman–Crippen MR) is 92.2 cm³/mol. The lowest BCUT2D eigenvalue weighted by atomic mass is 9.95. The monoisotopic (exact) mass is 401 g/mol. The van der Waals surface area contributed by atoms with Crippen molar-refractivity contribution < 1.29 is 0 Å². The van der Waals surface area contributed by atoms with E-state index >= 15 is 0 Å². The van der Waals surface area contributed by atoms with E-state index in [1.54, 1.807) is 0 Å². The lowest BCUT2D eigenvalue weighted by molar-refractivity contribution is 0.604. The van der Waals surface area contributed by atoms with Gasteiger partial charge in [0.1, 0.15) is 0 Å². The molecule has 0 amide bonds. The molecular formula is C15H17Br2NS. The Hall–Kier alpha value is -0.320. The normalized spacial score (nSPS) is 11.6. The van der Waals surface area contributed by atoms with Gasteiger partial charge < -0.3 is 5.32 Å². The van der Waals surface area contributed by atoms with Gasteiger partial charge in [-0.2, -0.15) is 0 Å². The molecule has 0 aliphatic rings. The summed E-state index contributed by atoms with van der Waals surface area (Å²) in [5.74, 6) is 0. The molecule has 2 rings (SSSR count). The molecule has 0 bridgehead atoms. The number of hydrogen-bond donors (Lipinski definition) is 1. The molecule has 2 aromatic rings. The number of rotatable bonds is 3. The summed E-state index contributed by atoms with van der Waals surface area (Å²) in [6.45, 7) is 7.61. The van der Waals surface area contributed by atoms with Gasteiger partial charge in [-0.15, -0.1) is 11.3 Å². The first-order valence-corrected chi connectivity index (χ1v) is 8.54. The lowest BCUT2D eigenvalue weighted by Gasteiger charge is -2.15. The summed E-state index contributed by atoms with van der Waals surface area (Å²) in [6, 6.07) is 10.6. The second-order valence-corrected chi connectivity index (χ2v) is 8.43. The zero-order valence-electron chi connectivity index (χ0n) is 11.3. The molecule has 19 heavy (non-hydrogen) atoms. The maximum absolute atomic E-state index is 3.56. The third-order valence-electron chi connectivity index (χ3n) is 2.78. The minimum absolute atomic E-state index is 0.235. The molecule has 1 N–H and O–H groups in total. The van der Waals surface area contributed by atoms with Crippen LogP contribution in [0.2, 0.25) is 0 Å². The van der Waals surface area contributed by atoms with Crippen molar-refractivity contribution in [1.82, 2.24) is 0 Å². The Morgan fingerprint density at radius 2 is 1.84 bits per heavy atom. The summed E-state index contributed by atoms with van der Waals surface area (Å²) >= 11 is 8.94. The average molecular weight is 403 g/mol. The summed E-state index contributed by atoms with van der Waals surface area (Å²) in [6.07, 6.45) is 0. The molecular weight excluding hydrogens is 386 g/mol. The minimum atomic E-state index is 0.235. The van der Waals surface area contributed by atoms with Crippen LogP contribution in [-0.4, -0.2) is 0 Å². The first-order chi connectivity index (χ1) is 8.86. The Kier molecular flexibility index (Phi) is 4.75. The van der Waals surface area contributed by atoms with Crippen LogP contribution in [0.5, 0.6) is 0 Å². The topological polar surface area (TPSA) is 12.0 Å². The third-order valence-corrected chi connectivity index (χ3v) is 5.48. The summed E-state index contributed by atoms with van der Waals surface area (Å²) < 4.78 is 2.17. The van der Waals surface area contributed by atoms with E-state index in [1.807, 2.05) is 23.5 Å². The third kappa shape index (κ3) is 4.07. The summed E-state index contributed by atoms with van der Waals surface area (Å²) in [4.78, 5) is 2.79. The van der Waals surface area contributed by atoms with Gasteiger partial charge in [0.15, 0.2) is 0 Å². The number of thiophene rings is 1. The van der Waals surface area contributed by atoms with Crippen molar-refractivity contribution >= 4 is 48.9 Å². The molecule has 0 aliphatic carbocycles. The highest BCUT2D eigenvalue weighted by atomic mass is 79.9. The molecule has 1 aromatic carbocycles. The van der Waals surface area contributed by atoms with E-state index in [2.05, 4.69) is 76.1 Å². The number of benzene rings is 1. The van der Waals surface area contributed by atoms with Crippen LogP contribution in [-0.2, 0) is 12.0 Å². The molecule has 0 saturated carbocycles. The van der Waals surface area contributed by atoms with Crippen molar-refractivity contribution in [2.24, 2.45) is 0 Å². The van der Waals surface area contributed by atoms with Crippen LogP contribution in [0.4, 0.5) is 5.69 Å². The van der Waals surface area contributed by atoms with Crippen LogP contribution in [0.15, 0.2) is 39.3 Å². The van der Waals surface area contributed by atoms with Gasteiger partial charge in [-0.1, -0.05) is 36.7 Å². The van der Waals surface area contributed by atoms with Gasteiger partial charge in [-0.05, 0) is 51.7 Å². The largest absolute Gasteiger partial charge is 0.379 e. The molecule has 0 spiro atoms. The number of hydrogen-bond acceptors (Lipinski definition) is 2.